The molecule has 2 heterocycles. The van der Waals surface area contributed by atoms with Crippen LogP contribution in [-0.2, 0) is 0 Å². The van der Waals surface area contributed by atoms with Gasteiger partial charge in [-0.15, -0.1) is 0 Å². The first-order chi connectivity index (χ1) is 10.9. The average molecular weight is 292 g/mol. The molecular formula is C18H20N4. The van der Waals surface area contributed by atoms with E-state index in [1.165, 1.54) is 12.8 Å². The molecule has 1 aliphatic rings. The van der Waals surface area contributed by atoms with Crippen molar-refractivity contribution in [1.82, 2.24) is 9.97 Å². The summed E-state index contributed by atoms with van der Waals surface area (Å²) < 4.78 is 0. The molecule has 0 saturated heterocycles. The molecular weight excluding hydrogens is 272 g/mol. The molecule has 0 spiro atoms. The van der Waals surface area contributed by atoms with Crippen LogP contribution in [0.1, 0.15) is 36.8 Å². The Morgan fingerprint density at radius 2 is 1.14 bits per heavy atom. The van der Waals surface area contributed by atoms with Gasteiger partial charge in [-0.25, -0.2) is 0 Å². The normalized spacial score (nSPS) is 22.4. The van der Waals surface area contributed by atoms with Gasteiger partial charge in [0, 0.05) is 37.2 Å². The van der Waals surface area contributed by atoms with E-state index in [0.29, 0.717) is 0 Å². The molecule has 4 heteroatoms. The molecule has 4 nitrogen and oxygen atoms in total. The van der Waals surface area contributed by atoms with Crippen molar-refractivity contribution >= 4 is 12.4 Å². The van der Waals surface area contributed by atoms with E-state index in [9.17, 15) is 0 Å². The molecule has 1 aliphatic carbocycles. The zero-order valence-electron chi connectivity index (χ0n) is 12.5. The molecule has 0 aliphatic heterocycles. The molecule has 2 aromatic rings. The summed E-state index contributed by atoms with van der Waals surface area (Å²) in [5, 5.41) is 0. The van der Waals surface area contributed by atoms with Gasteiger partial charge in [0.2, 0.25) is 0 Å². The van der Waals surface area contributed by atoms with E-state index in [4.69, 9.17) is 9.98 Å². The van der Waals surface area contributed by atoms with Crippen LogP contribution in [0.15, 0.2) is 59.0 Å². The van der Waals surface area contributed by atoms with Crippen LogP contribution in [0.3, 0.4) is 0 Å². The van der Waals surface area contributed by atoms with Gasteiger partial charge in [-0.3, -0.25) is 20.0 Å². The number of hydrogen-bond donors (Lipinski definition) is 0. The van der Waals surface area contributed by atoms with Crippen molar-refractivity contribution in [2.24, 2.45) is 9.98 Å². The van der Waals surface area contributed by atoms with Gasteiger partial charge in [0.1, 0.15) is 0 Å². The molecule has 1 saturated carbocycles. The van der Waals surface area contributed by atoms with Crippen molar-refractivity contribution in [1.29, 1.82) is 0 Å². The third kappa shape index (κ3) is 4.07. The van der Waals surface area contributed by atoms with Gasteiger partial charge in [-0.05, 0) is 48.2 Å². The SMILES string of the molecule is C(=NC1CCCCC1N=Cc1ccncc1)c1ccncc1. The largest absolute Gasteiger partial charge is 0.287 e. The zero-order chi connectivity index (χ0) is 15.0. The Morgan fingerprint density at radius 3 is 1.55 bits per heavy atom. The van der Waals surface area contributed by atoms with E-state index in [2.05, 4.69) is 9.97 Å². The molecule has 0 amide bonds. The molecule has 2 unspecified atom stereocenters. The minimum atomic E-state index is 0.278. The zero-order valence-corrected chi connectivity index (χ0v) is 12.5. The first-order valence-electron chi connectivity index (χ1n) is 7.78. The lowest BCUT2D eigenvalue weighted by molar-refractivity contribution is 0.390. The highest BCUT2D eigenvalue weighted by Gasteiger charge is 2.22. The Morgan fingerprint density at radius 1 is 0.727 bits per heavy atom. The summed E-state index contributed by atoms with van der Waals surface area (Å²) in [7, 11) is 0. The molecule has 2 atom stereocenters. The molecule has 2 aromatic heterocycles. The highest BCUT2D eigenvalue weighted by Crippen LogP contribution is 2.24. The fourth-order valence-corrected chi connectivity index (χ4v) is 2.70. The fourth-order valence-electron chi connectivity index (χ4n) is 2.70. The van der Waals surface area contributed by atoms with E-state index >= 15 is 0 Å². The number of rotatable bonds is 4. The van der Waals surface area contributed by atoms with Gasteiger partial charge < -0.3 is 0 Å². The first-order valence-corrected chi connectivity index (χ1v) is 7.78. The van der Waals surface area contributed by atoms with Crippen molar-refractivity contribution in [3.05, 3.63) is 60.2 Å². The number of aliphatic imine (C=N–C) groups is 2. The van der Waals surface area contributed by atoms with Gasteiger partial charge >= 0.3 is 0 Å². The molecule has 22 heavy (non-hydrogen) atoms. The Kier molecular flexibility index (Phi) is 5.03. The quantitative estimate of drug-likeness (QED) is 0.812. The minimum Gasteiger partial charge on any atom is -0.287 e. The van der Waals surface area contributed by atoms with Gasteiger partial charge in [0.05, 0.1) is 12.1 Å². The van der Waals surface area contributed by atoms with Crippen molar-refractivity contribution in [3.63, 3.8) is 0 Å². The third-order valence-electron chi connectivity index (χ3n) is 3.94. The Labute approximate surface area is 131 Å². The second kappa shape index (κ2) is 7.59. The minimum absolute atomic E-state index is 0.278. The van der Waals surface area contributed by atoms with Gasteiger partial charge in [-0.1, -0.05) is 12.8 Å². The van der Waals surface area contributed by atoms with Crippen molar-refractivity contribution in [3.8, 4) is 0 Å². The van der Waals surface area contributed by atoms with Crippen LogP contribution in [0.25, 0.3) is 0 Å². The highest BCUT2D eigenvalue weighted by molar-refractivity contribution is 5.80. The van der Waals surface area contributed by atoms with E-state index in [1.807, 2.05) is 36.7 Å². The number of nitrogens with zero attached hydrogens (tertiary/aromatic N) is 4. The van der Waals surface area contributed by atoms with Crippen LogP contribution in [-0.4, -0.2) is 34.5 Å². The highest BCUT2D eigenvalue weighted by atomic mass is 14.9. The molecule has 0 radical (unpaired) electrons. The summed E-state index contributed by atoms with van der Waals surface area (Å²) in [6.45, 7) is 0. The van der Waals surface area contributed by atoms with Crippen LogP contribution < -0.4 is 0 Å². The maximum Gasteiger partial charge on any atom is 0.0723 e. The number of hydrogen-bond acceptors (Lipinski definition) is 4. The topological polar surface area (TPSA) is 50.5 Å². The Balaban J connectivity index is 1.69. The van der Waals surface area contributed by atoms with E-state index in [0.717, 1.165) is 24.0 Å². The lowest BCUT2D eigenvalue weighted by Crippen LogP contribution is -2.27. The third-order valence-corrected chi connectivity index (χ3v) is 3.94. The van der Waals surface area contributed by atoms with Gasteiger partial charge in [0.25, 0.3) is 0 Å². The lowest BCUT2D eigenvalue weighted by atomic mass is 9.91. The second-order valence-electron chi connectivity index (χ2n) is 5.54. The van der Waals surface area contributed by atoms with E-state index in [-0.39, 0.29) is 12.1 Å². The van der Waals surface area contributed by atoms with Crippen LogP contribution in [0.2, 0.25) is 0 Å². The number of aromatic nitrogens is 2. The lowest BCUT2D eigenvalue weighted by Gasteiger charge is -2.25. The van der Waals surface area contributed by atoms with Crippen molar-refractivity contribution < 1.29 is 0 Å². The summed E-state index contributed by atoms with van der Waals surface area (Å²) in [6.07, 6.45) is 15.8. The van der Waals surface area contributed by atoms with Crippen LogP contribution in [0.4, 0.5) is 0 Å². The summed E-state index contributed by atoms with van der Waals surface area (Å²) in [5.41, 5.74) is 2.19. The molecule has 0 N–H and O–H groups in total. The van der Waals surface area contributed by atoms with E-state index < -0.39 is 0 Å². The van der Waals surface area contributed by atoms with E-state index in [1.54, 1.807) is 24.8 Å². The monoisotopic (exact) mass is 292 g/mol. The average Bonchev–Trinajstić information content (AvgIpc) is 2.61. The summed E-state index contributed by atoms with van der Waals surface area (Å²) >= 11 is 0. The van der Waals surface area contributed by atoms with Crippen LogP contribution in [0, 0.1) is 0 Å². The predicted octanol–water partition coefficient (Wildman–Crippen LogP) is 3.33. The molecule has 112 valence electrons. The molecule has 3 rings (SSSR count). The molecule has 1 fully saturated rings. The Bertz CT molecular complexity index is 565. The van der Waals surface area contributed by atoms with Crippen molar-refractivity contribution in [2.75, 3.05) is 0 Å². The van der Waals surface area contributed by atoms with Gasteiger partial charge in [-0.2, -0.15) is 0 Å². The maximum absolute atomic E-state index is 4.77. The smallest absolute Gasteiger partial charge is 0.0723 e. The standard InChI is InChI=1S/C18H20N4/c1-2-4-18(22-14-16-7-11-20-12-8-16)17(3-1)21-13-15-5-9-19-10-6-15/h5-14,17-18H,1-4H2. The van der Waals surface area contributed by atoms with Crippen LogP contribution >= 0.6 is 0 Å². The number of pyridine rings is 2. The van der Waals surface area contributed by atoms with Gasteiger partial charge in [0.15, 0.2) is 0 Å². The van der Waals surface area contributed by atoms with Crippen LogP contribution in [0.5, 0.6) is 0 Å². The Hall–Kier alpha value is -2.36. The van der Waals surface area contributed by atoms with Crippen molar-refractivity contribution in [2.45, 2.75) is 37.8 Å². The molecule has 0 aromatic carbocycles. The summed E-state index contributed by atoms with van der Waals surface area (Å²) in [4.78, 5) is 17.6. The summed E-state index contributed by atoms with van der Waals surface area (Å²) in [5.74, 6) is 0. The maximum atomic E-state index is 4.77. The first kappa shape index (κ1) is 14.6. The molecule has 0 bridgehead atoms. The second-order valence-corrected chi connectivity index (χ2v) is 5.54. The summed E-state index contributed by atoms with van der Waals surface area (Å²) in [6, 6.07) is 8.45. The predicted molar refractivity (Wildman–Crippen MR) is 89.7 cm³/mol. The fraction of sp³-hybridized carbons (Fsp3) is 0.333.